The van der Waals surface area contributed by atoms with Gasteiger partial charge in [0.2, 0.25) is 11.8 Å². The number of nitrogens with two attached hydrogens (primary N) is 1. The standard InChI is InChI=1S/C17H24N2O3S2/c1-12(20)24-11-14(10-13-6-4-3-5-7-13)17(22)19-15(16(18)21)8-9-23-2/h3-7,14-15H,8-11H2,1-2H3,(H2,18,21)(H,19,22)/t14-,15+/m1/s1. The summed E-state index contributed by atoms with van der Waals surface area (Å²) >= 11 is 2.71. The van der Waals surface area contributed by atoms with E-state index < -0.39 is 17.9 Å². The summed E-state index contributed by atoms with van der Waals surface area (Å²) in [5.41, 5.74) is 6.39. The molecule has 7 heteroatoms. The number of carbonyl (C=O) groups is 3. The highest BCUT2D eigenvalue weighted by Crippen LogP contribution is 2.16. The van der Waals surface area contributed by atoms with Crippen molar-refractivity contribution in [1.29, 1.82) is 0 Å². The zero-order valence-electron chi connectivity index (χ0n) is 14.0. The van der Waals surface area contributed by atoms with E-state index in [2.05, 4.69) is 5.32 Å². The fraction of sp³-hybridized carbons (Fsp3) is 0.471. The van der Waals surface area contributed by atoms with Gasteiger partial charge in [-0.1, -0.05) is 42.1 Å². The Morgan fingerprint density at radius 2 is 1.88 bits per heavy atom. The van der Waals surface area contributed by atoms with E-state index in [0.717, 1.165) is 23.1 Å². The fourth-order valence-electron chi connectivity index (χ4n) is 2.15. The molecule has 5 nitrogen and oxygen atoms in total. The predicted octanol–water partition coefficient (Wildman–Crippen LogP) is 1.85. The second kappa shape index (κ2) is 11.1. The van der Waals surface area contributed by atoms with Crippen molar-refractivity contribution >= 4 is 40.5 Å². The number of thioether (sulfide) groups is 2. The Kier molecular flexibility index (Phi) is 9.56. The molecule has 0 aliphatic carbocycles. The maximum Gasteiger partial charge on any atom is 0.240 e. The molecule has 0 radical (unpaired) electrons. The average Bonchev–Trinajstić information content (AvgIpc) is 2.55. The van der Waals surface area contributed by atoms with Gasteiger partial charge in [0, 0.05) is 12.7 Å². The smallest absolute Gasteiger partial charge is 0.240 e. The van der Waals surface area contributed by atoms with Crippen molar-refractivity contribution in [2.75, 3.05) is 17.8 Å². The summed E-state index contributed by atoms with van der Waals surface area (Å²) in [6, 6.07) is 8.94. The van der Waals surface area contributed by atoms with Crippen LogP contribution in [0.2, 0.25) is 0 Å². The molecule has 3 N–H and O–H groups in total. The van der Waals surface area contributed by atoms with E-state index in [-0.39, 0.29) is 11.0 Å². The number of primary amides is 1. The molecule has 0 saturated heterocycles. The fourth-order valence-corrected chi connectivity index (χ4v) is 3.33. The van der Waals surface area contributed by atoms with Gasteiger partial charge in [-0.3, -0.25) is 14.4 Å². The van der Waals surface area contributed by atoms with Gasteiger partial charge >= 0.3 is 0 Å². The number of hydrogen-bond acceptors (Lipinski definition) is 5. The molecule has 2 amide bonds. The normalized spacial score (nSPS) is 13.1. The van der Waals surface area contributed by atoms with Crippen LogP contribution in [0.3, 0.4) is 0 Å². The van der Waals surface area contributed by atoms with Crippen LogP contribution in [0.25, 0.3) is 0 Å². The Hall–Kier alpha value is -1.47. The average molecular weight is 369 g/mol. The van der Waals surface area contributed by atoms with E-state index in [1.54, 1.807) is 11.8 Å². The third-order valence-corrected chi connectivity index (χ3v) is 5.07. The molecule has 24 heavy (non-hydrogen) atoms. The van der Waals surface area contributed by atoms with Crippen molar-refractivity contribution in [3.05, 3.63) is 35.9 Å². The molecule has 1 rings (SSSR count). The molecule has 0 heterocycles. The predicted molar refractivity (Wildman–Crippen MR) is 101 cm³/mol. The molecule has 0 spiro atoms. The van der Waals surface area contributed by atoms with Crippen molar-refractivity contribution in [2.24, 2.45) is 11.7 Å². The lowest BCUT2D eigenvalue weighted by atomic mass is 9.99. The highest BCUT2D eigenvalue weighted by atomic mass is 32.2. The van der Waals surface area contributed by atoms with Gasteiger partial charge in [-0.25, -0.2) is 0 Å². The number of benzene rings is 1. The Balaban J connectivity index is 2.77. The largest absolute Gasteiger partial charge is 0.368 e. The molecule has 132 valence electrons. The Labute approximate surface area is 151 Å². The van der Waals surface area contributed by atoms with E-state index >= 15 is 0 Å². The van der Waals surface area contributed by atoms with Crippen LogP contribution >= 0.6 is 23.5 Å². The van der Waals surface area contributed by atoms with Crippen molar-refractivity contribution in [3.8, 4) is 0 Å². The maximum atomic E-state index is 12.6. The Bertz CT molecular complexity index is 552. The monoisotopic (exact) mass is 368 g/mol. The topological polar surface area (TPSA) is 89.3 Å². The van der Waals surface area contributed by atoms with Gasteiger partial charge in [0.15, 0.2) is 5.12 Å². The summed E-state index contributed by atoms with van der Waals surface area (Å²) in [6.07, 6.45) is 2.95. The number of hydrogen-bond donors (Lipinski definition) is 2. The highest BCUT2D eigenvalue weighted by Gasteiger charge is 2.24. The third kappa shape index (κ3) is 7.88. The van der Waals surface area contributed by atoms with E-state index in [4.69, 9.17) is 5.73 Å². The minimum Gasteiger partial charge on any atom is -0.368 e. The van der Waals surface area contributed by atoms with E-state index in [9.17, 15) is 14.4 Å². The van der Waals surface area contributed by atoms with Crippen LogP contribution in [0.4, 0.5) is 0 Å². The third-order valence-electron chi connectivity index (χ3n) is 3.45. The summed E-state index contributed by atoms with van der Waals surface area (Å²) < 4.78 is 0. The Morgan fingerprint density at radius 3 is 2.42 bits per heavy atom. The van der Waals surface area contributed by atoms with E-state index in [1.807, 2.05) is 36.6 Å². The van der Waals surface area contributed by atoms with Crippen LogP contribution in [0.1, 0.15) is 18.9 Å². The number of rotatable bonds is 10. The summed E-state index contributed by atoms with van der Waals surface area (Å²) in [4.78, 5) is 35.4. The lowest BCUT2D eigenvalue weighted by molar-refractivity contribution is -0.129. The molecule has 0 unspecified atom stereocenters. The lowest BCUT2D eigenvalue weighted by Gasteiger charge is -2.20. The first-order chi connectivity index (χ1) is 11.4. The van der Waals surface area contributed by atoms with Crippen LogP contribution < -0.4 is 11.1 Å². The van der Waals surface area contributed by atoms with Crippen molar-refractivity contribution in [2.45, 2.75) is 25.8 Å². The molecule has 0 aromatic heterocycles. The van der Waals surface area contributed by atoms with Gasteiger partial charge in [0.05, 0.1) is 5.92 Å². The minimum atomic E-state index is -0.675. The molecule has 0 fully saturated rings. The van der Waals surface area contributed by atoms with Crippen molar-refractivity contribution in [3.63, 3.8) is 0 Å². The first-order valence-corrected chi connectivity index (χ1v) is 10.1. The van der Waals surface area contributed by atoms with Gasteiger partial charge in [0.25, 0.3) is 0 Å². The second-order valence-electron chi connectivity index (χ2n) is 5.43. The molecule has 0 bridgehead atoms. The summed E-state index contributed by atoms with van der Waals surface area (Å²) in [5.74, 6) is -0.0474. The van der Waals surface area contributed by atoms with Gasteiger partial charge in [-0.05, 0) is 30.4 Å². The summed E-state index contributed by atoms with van der Waals surface area (Å²) in [6.45, 7) is 1.48. The highest BCUT2D eigenvalue weighted by molar-refractivity contribution is 8.13. The molecule has 0 saturated carbocycles. The first kappa shape index (κ1) is 20.6. The molecular weight excluding hydrogens is 344 g/mol. The van der Waals surface area contributed by atoms with Crippen LogP contribution in [0, 0.1) is 5.92 Å². The number of nitrogens with one attached hydrogen (secondary N) is 1. The van der Waals surface area contributed by atoms with Gasteiger partial charge < -0.3 is 11.1 Å². The molecule has 2 atom stereocenters. The number of amides is 2. The molecular formula is C17H24N2O3S2. The zero-order valence-corrected chi connectivity index (χ0v) is 15.6. The summed E-state index contributed by atoms with van der Waals surface area (Å²) in [5, 5.41) is 2.71. The Morgan fingerprint density at radius 1 is 1.21 bits per heavy atom. The molecule has 0 aliphatic rings. The molecule has 1 aromatic rings. The van der Waals surface area contributed by atoms with E-state index in [0.29, 0.717) is 18.6 Å². The first-order valence-electron chi connectivity index (χ1n) is 7.70. The second-order valence-corrected chi connectivity index (χ2v) is 7.62. The van der Waals surface area contributed by atoms with Crippen LogP contribution in [-0.2, 0) is 20.8 Å². The zero-order chi connectivity index (χ0) is 17.9. The van der Waals surface area contributed by atoms with Crippen molar-refractivity contribution < 1.29 is 14.4 Å². The number of carbonyl (C=O) groups excluding carboxylic acids is 3. The van der Waals surface area contributed by atoms with Crippen LogP contribution in [-0.4, -0.2) is 40.7 Å². The van der Waals surface area contributed by atoms with Crippen molar-refractivity contribution in [1.82, 2.24) is 5.32 Å². The SMILES string of the molecule is CSCC[C@H](NC(=O)[C@@H](CSC(C)=O)Cc1ccccc1)C(N)=O. The van der Waals surface area contributed by atoms with Crippen LogP contribution in [0.5, 0.6) is 0 Å². The molecule has 0 aliphatic heterocycles. The molecule has 1 aromatic carbocycles. The van der Waals surface area contributed by atoms with Crippen LogP contribution in [0.15, 0.2) is 30.3 Å². The van der Waals surface area contributed by atoms with E-state index in [1.165, 1.54) is 6.92 Å². The van der Waals surface area contributed by atoms with Gasteiger partial charge in [-0.15, -0.1) is 0 Å². The lowest BCUT2D eigenvalue weighted by Crippen LogP contribution is -2.47. The maximum absolute atomic E-state index is 12.6. The van der Waals surface area contributed by atoms with Gasteiger partial charge in [0.1, 0.15) is 6.04 Å². The van der Waals surface area contributed by atoms with Gasteiger partial charge in [-0.2, -0.15) is 11.8 Å². The minimum absolute atomic E-state index is 0.0327. The summed E-state index contributed by atoms with van der Waals surface area (Å²) in [7, 11) is 0. The quantitative estimate of drug-likeness (QED) is 0.658.